The van der Waals surface area contributed by atoms with Crippen LogP contribution in [0.3, 0.4) is 0 Å². The van der Waals surface area contributed by atoms with E-state index < -0.39 is 54.0 Å². The summed E-state index contributed by atoms with van der Waals surface area (Å²) in [6, 6.07) is -4.36. The van der Waals surface area contributed by atoms with E-state index in [1.54, 1.807) is 13.8 Å². The van der Waals surface area contributed by atoms with Crippen LogP contribution in [0.1, 0.15) is 60.3 Å². The highest BCUT2D eigenvalue weighted by atomic mass is 16.4. The average molecular weight is 460 g/mol. The van der Waals surface area contributed by atoms with E-state index in [1.807, 2.05) is 13.8 Å². The molecule has 0 radical (unpaired) electrons. The van der Waals surface area contributed by atoms with Crippen molar-refractivity contribution in [2.75, 3.05) is 6.54 Å². The Labute approximate surface area is 190 Å². The highest BCUT2D eigenvalue weighted by molar-refractivity contribution is 5.94. The van der Waals surface area contributed by atoms with Gasteiger partial charge in [0, 0.05) is 0 Å². The Morgan fingerprint density at radius 3 is 1.84 bits per heavy atom. The molecule has 5 atom stereocenters. The number of amides is 3. The Hall–Kier alpha value is -2.24. The molecule has 186 valence electrons. The first kappa shape index (κ1) is 29.8. The van der Waals surface area contributed by atoms with E-state index in [1.165, 1.54) is 6.92 Å². The van der Waals surface area contributed by atoms with Crippen molar-refractivity contribution in [3.63, 3.8) is 0 Å². The highest BCUT2D eigenvalue weighted by Crippen LogP contribution is 2.08. The maximum Gasteiger partial charge on any atom is 0.326 e. The summed E-state index contributed by atoms with van der Waals surface area (Å²) in [5.41, 5.74) is 11.4. The number of aliphatic hydroxyl groups excluding tert-OH is 1. The Kier molecular flexibility index (Phi) is 13.7. The quantitative estimate of drug-likeness (QED) is 0.152. The number of rotatable bonds is 15. The molecule has 0 aromatic rings. The molecule has 32 heavy (non-hydrogen) atoms. The Bertz CT molecular complexity index is 626. The minimum Gasteiger partial charge on any atom is -0.480 e. The second-order valence-corrected chi connectivity index (χ2v) is 8.88. The number of carboxylic acids is 1. The number of aliphatic hydroxyl groups is 1. The Morgan fingerprint density at radius 1 is 0.844 bits per heavy atom. The zero-order chi connectivity index (χ0) is 25.0. The van der Waals surface area contributed by atoms with Crippen molar-refractivity contribution in [2.45, 2.75) is 90.6 Å². The lowest BCUT2D eigenvalue weighted by molar-refractivity contribution is -0.143. The topological polar surface area (TPSA) is 197 Å². The number of carboxylic acid groups (broad SMARTS) is 1. The van der Waals surface area contributed by atoms with E-state index in [2.05, 4.69) is 16.0 Å². The van der Waals surface area contributed by atoms with Gasteiger partial charge in [0.25, 0.3) is 0 Å². The van der Waals surface area contributed by atoms with Crippen molar-refractivity contribution in [1.82, 2.24) is 16.0 Å². The Morgan fingerprint density at radius 2 is 1.41 bits per heavy atom. The van der Waals surface area contributed by atoms with Gasteiger partial charge in [0.15, 0.2) is 0 Å². The van der Waals surface area contributed by atoms with Gasteiger partial charge in [-0.3, -0.25) is 14.4 Å². The van der Waals surface area contributed by atoms with Gasteiger partial charge in [0.1, 0.15) is 18.1 Å². The predicted molar refractivity (Wildman–Crippen MR) is 120 cm³/mol. The second-order valence-electron chi connectivity index (χ2n) is 8.88. The summed E-state index contributed by atoms with van der Waals surface area (Å²) < 4.78 is 0. The van der Waals surface area contributed by atoms with Crippen LogP contribution in [0.5, 0.6) is 0 Å². The molecule has 0 aromatic heterocycles. The minimum atomic E-state index is -1.33. The molecule has 3 amide bonds. The maximum atomic E-state index is 12.8. The van der Waals surface area contributed by atoms with Crippen molar-refractivity contribution in [2.24, 2.45) is 23.3 Å². The van der Waals surface area contributed by atoms with Gasteiger partial charge in [0.05, 0.1) is 12.1 Å². The largest absolute Gasteiger partial charge is 0.480 e. The molecule has 0 bridgehead atoms. The van der Waals surface area contributed by atoms with Gasteiger partial charge in [-0.25, -0.2) is 4.79 Å². The molecule has 0 spiro atoms. The molecule has 0 aromatic carbocycles. The normalized spacial score (nSPS) is 16.1. The smallest absolute Gasteiger partial charge is 0.326 e. The van der Waals surface area contributed by atoms with Gasteiger partial charge in [0.2, 0.25) is 17.7 Å². The summed E-state index contributed by atoms with van der Waals surface area (Å²) in [4.78, 5) is 49.3. The first-order valence-corrected chi connectivity index (χ1v) is 11.1. The van der Waals surface area contributed by atoms with Gasteiger partial charge < -0.3 is 37.6 Å². The van der Waals surface area contributed by atoms with Crippen LogP contribution in [-0.2, 0) is 19.2 Å². The fourth-order valence-electron chi connectivity index (χ4n) is 3.07. The monoisotopic (exact) mass is 459 g/mol. The van der Waals surface area contributed by atoms with Crippen LogP contribution < -0.4 is 27.4 Å². The predicted octanol–water partition coefficient (Wildman–Crippen LogP) is -0.935. The molecule has 0 aliphatic rings. The molecule has 11 heteroatoms. The van der Waals surface area contributed by atoms with Crippen molar-refractivity contribution in [3.8, 4) is 0 Å². The SMILES string of the molecule is CC(C)CC(N)C(=O)NC(C(=O)NC(CCCCN)C(=O)NC(C(=O)O)C(C)C)C(C)O. The molecule has 0 saturated carbocycles. The van der Waals surface area contributed by atoms with Gasteiger partial charge in [-0.05, 0) is 51.0 Å². The van der Waals surface area contributed by atoms with Crippen molar-refractivity contribution in [1.29, 1.82) is 0 Å². The van der Waals surface area contributed by atoms with Crippen molar-refractivity contribution in [3.05, 3.63) is 0 Å². The third-order valence-electron chi connectivity index (χ3n) is 4.94. The summed E-state index contributed by atoms with van der Waals surface area (Å²) in [5, 5.41) is 26.8. The number of carbonyl (C=O) groups is 4. The molecule has 11 nitrogen and oxygen atoms in total. The molecule has 0 aliphatic carbocycles. The van der Waals surface area contributed by atoms with E-state index in [0.29, 0.717) is 25.8 Å². The summed E-state index contributed by atoms with van der Waals surface area (Å²) >= 11 is 0. The Balaban J connectivity index is 5.42. The zero-order valence-corrected chi connectivity index (χ0v) is 19.8. The molecule has 0 heterocycles. The molecule has 0 aliphatic heterocycles. The number of hydrogen-bond donors (Lipinski definition) is 7. The van der Waals surface area contributed by atoms with Gasteiger partial charge in [-0.2, -0.15) is 0 Å². The molecular formula is C21H41N5O6. The molecule has 0 fully saturated rings. The van der Waals surface area contributed by atoms with Crippen molar-refractivity contribution >= 4 is 23.7 Å². The van der Waals surface area contributed by atoms with Gasteiger partial charge in [-0.15, -0.1) is 0 Å². The molecule has 5 unspecified atom stereocenters. The lowest BCUT2D eigenvalue weighted by Crippen LogP contribution is -2.60. The van der Waals surface area contributed by atoms with Crippen LogP contribution in [0.15, 0.2) is 0 Å². The van der Waals surface area contributed by atoms with Crippen LogP contribution in [0, 0.1) is 11.8 Å². The van der Waals surface area contributed by atoms with Crippen molar-refractivity contribution < 1.29 is 29.4 Å². The number of carbonyl (C=O) groups excluding carboxylic acids is 3. The summed E-state index contributed by atoms with van der Waals surface area (Å²) in [7, 11) is 0. The van der Waals surface area contributed by atoms with E-state index in [4.69, 9.17) is 11.5 Å². The number of nitrogens with two attached hydrogens (primary N) is 2. The van der Waals surface area contributed by atoms with Crippen LogP contribution in [0.4, 0.5) is 0 Å². The first-order chi connectivity index (χ1) is 14.8. The lowest BCUT2D eigenvalue weighted by atomic mass is 10.0. The van der Waals surface area contributed by atoms with E-state index in [-0.39, 0.29) is 18.3 Å². The number of nitrogens with one attached hydrogen (secondary N) is 3. The van der Waals surface area contributed by atoms with E-state index >= 15 is 0 Å². The third kappa shape index (κ3) is 10.9. The molecule has 0 rings (SSSR count). The third-order valence-corrected chi connectivity index (χ3v) is 4.94. The van der Waals surface area contributed by atoms with E-state index in [9.17, 15) is 29.4 Å². The van der Waals surface area contributed by atoms with Gasteiger partial charge >= 0.3 is 5.97 Å². The second kappa shape index (κ2) is 14.8. The summed E-state index contributed by atoms with van der Waals surface area (Å²) in [6.45, 7) is 8.84. The fraction of sp³-hybridized carbons (Fsp3) is 0.810. The molecule has 0 saturated heterocycles. The number of aliphatic carboxylic acids is 1. The standard InChI is InChI=1S/C21H41N5O6/c1-11(2)10-14(23)18(28)26-17(13(5)27)20(30)24-15(8-6-7-9-22)19(29)25-16(12(3)4)21(31)32/h11-17,27H,6-10,22-23H2,1-5H3,(H,24,30)(H,25,29)(H,26,28)(H,31,32). The summed E-state index contributed by atoms with van der Waals surface area (Å²) in [6.07, 6.45) is 0.481. The molecular weight excluding hydrogens is 418 g/mol. The number of unbranched alkanes of at least 4 members (excludes halogenated alkanes) is 1. The summed E-state index contributed by atoms with van der Waals surface area (Å²) in [5.74, 6) is -3.42. The van der Waals surface area contributed by atoms with Crippen LogP contribution in [0.2, 0.25) is 0 Å². The van der Waals surface area contributed by atoms with Crippen LogP contribution in [-0.4, -0.2) is 70.7 Å². The zero-order valence-electron chi connectivity index (χ0n) is 19.8. The first-order valence-electron chi connectivity index (χ1n) is 11.1. The highest BCUT2D eigenvalue weighted by Gasteiger charge is 2.32. The minimum absolute atomic E-state index is 0.160. The lowest BCUT2D eigenvalue weighted by Gasteiger charge is -2.27. The van der Waals surface area contributed by atoms with Crippen LogP contribution in [0.25, 0.3) is 0 Å². The van der Waals surface area contributed by atoms with Gasteiger partial charge in [-0.1, -0.05) is 27.7 Å². The fourth-order valence-corrected chi connectivity index (χ4v) is 3.07. The van der Waals surface area contributed by atoms with E-state index in [0.717, 1.165) is 0 Å². The maximum absolute atomic E-state index is 12.8. The van der Waals surface area contributed by atoms with Crippen LogP contribution >= 0.6 is 0 Å². The molecule has 9 N–H and O–H groups in total. The average Bonchev–Trinajstić information content (AvgIpc) is 2.67. The number of hydrogen-bond acceptors (Lipinski definition) is 7.